The van der Waals surface area contributed by atoms with Gasteiger partial charge in [0.25, 0.3) is 6.43 Å². The summed E-state index contributed by atoms with van der Waals surface area (Å²) in [7, 11) is 0. The molecule has 0 unspecified atom stereocenters. The summed E-state index contributed by atoms with van der Waals surface area (Å²) in [6, 6.07) is 6.37. The molecular formula is C16H9Cl2F2NO3. The zero-order chi connectivity index (χ0) is 17.6. The van der Waals surface area contributed by atoms with Crippen LogP contribution in [-0.2, 0) is 11.3 Å². The minimum Gasteiger partial charge on any atom is -0.480 e. The van der Waals surface area contributed by atoms with Gasteiger partial charge in [0.1, 0.15) is 6.54 Å². The molecule has 0 saturated carbocycles. The van der Waals surface area contributed by atoms with Crippen LogP contribution >= 0.6 is 23.2 Å². The number of aromatic nitrogens is 1. The lowest BCUT2D eigenvalue weighted by Crippen LogP contribution is -2.16. The first-order chi connectivity index (χ1) is 11.3. The van der Waals surface area contributed by atoms with Crippen molar-refractivity contribution >= 4 is 51.0 Å². The van der Waals surface area contributed by atoms with E-state index in [1.54, 1.807) is 0 Å². The second-order valence-electron chi connectivity index (χ2n) is 5.14. The molecule has 3 rings (SSSR count). The molecule has 0 atom stereocenters. The third-order valence-corrected chi connectivity index (χ3v) is 4.48. The largest absolute Gasteiger partial charge is 0.480 e. The zero-order valence-corrected chi connectivity index (χ0v) is 13.4. The van der Waals surface area contributed by atoms with E-state index < -0.39 is 24.4 Å². The van der Waals surface area contributed by atoms with Gasteiger partial charge in [0.2, 0.25) is 0 Å². The SMILES string of the molecule is O=C(O)Cn1c2cc(C(F)F)ccc2c(=O)c2ccc(Cl)c(Cl)c21. The Balaban J connectivity index is 2.58. The average molecular weight is 372 g/mol. The Labute approximate surface area is 143 Å². The van der Waals surface area contributed by atoms with E-state index in [0.717, 1.165) is 12.1 Å². The number of fused-ring (bicyclic) bond motifs is 2. The lowest BCUT2D eigenvalue weighted by molar-refractivity contribution is -0.137. The van der Waals surface area contributed by atoms with Gasteiger partial charge in [0, 0.05) is 16.3 Å². The van der Waals surface area contributed by atoms with Gasteiger partial charge in [-0.25, -0.2) is 8.78 Å². The number of pyridine rings is 1. The highest BCUT2D eigenvalue weighted by atomic mass is 35.5. The summed E-state index contributed by atoms with van der Waals surface area (Å²) in [6.45, 7) is -0.556. The van der Waals surface area contributed by atoms with Crippen LogP contribution in [0.3, 0.4) is 0 Å². The number of benzene rings is 2. The van der Waals surface area contributed by atoms with Gasteiger partial charge in [-0.3, -0.25) is 9.59 Å². The van der Waals surface area contributed by atoms with Crippen LogP contribution in [0.15, 0.2) is 35.1 Å². The molecule has 2 aromatic carbocycles. The van der Waals surface area contributed by atoms with Crippen molar-refractivity contribution in [2.24, 2.45) is 0 Å². The van der Waals surface area contributed by atoms with Gasteiger partial charge in [-0.2, -0.15) is 0 Å². The molecule has 4 nitrogen and oxygen atoms in total. The van der Waals surface area contributed by atoms with Crippen LogP contribution in [0.5, 0.6) is 0 Å². The number of carboxylic acid groups (broad SMARTS) is 1. The summed E-state index contributed by atoms with van der Waals surface area (Å²) in [5.74, 6) is -1.21. The third-order valence-electron chi connectivity index (χ3n) is 3.69. The summed E-state index contributed by atoms with van der Waals surface area (Å²) in [6.07, 6.45) is -2.76. The predicted octanol–water partition coefficient (Wildman–Crippen LogP) is 4.48. The number of halogens is 4. The molecule has 0 amide bonds. The average Bonchev–Trinajstić information content (AvgIpc) is 2.53. The maximum absolute atomic E-state index is 13.0. The smallest absolute Gasteiger partial charge is 0.323 e. The number of hydrogen-bond acceptors (Lipinski definition) is 2. The normalized spacial score (nSPS) is 11.5. The molecule has 24 heavy (non-hydrogen) atoms. The summed E-state index contributed by atoms with van der Waals surface area (Å²) in [5, 5.41) is 9.60. The van der Waals surface area contributed by atoms with Crippen LogP contribution in [0.2, 0.25) is 10.0 Å². The monoisotopic (exact) mass is 371 g/mol. The maximum atomic E-state index is 13.0. The van der Waals surface area contributed by atoms with E-state index in [1.807, 2.05) is 0 Å². The Morgan fingerprint density at radius 1 is 1.17 bits per heavy atom. The lowest BCUT2D eigenvalue weighted by Gasteiger charge is -2.16. The first-order valence-corrected chi connectivity index (χ1v) is 7.51. The molecule has 0 aliphatic rings. The van der Waals surface area contributed by atoms with Crippen LogP contribution in [0.4, 0.5) is 8.78 Å². The molecular weight excluding hydrogens is 363 g/mol. The summed E-state index contributed by atoms with van der Waals surface area (Å²) in [5.41, 5.74) is -0.577. The predicted molar refractivity (Wildman–Crippen MR) is 88.3 cm³/mol. The molecule has 0 spiro atoms. The van der Waals surface area contributed by atoms with E-state index in [-0.39, 0.29) is 37.4 Å². The Hall–Kier alpha value is -2.18. The van der Waals surface area contributed by atoms with Crippen molar-refractivity contribution < 1.29 is 18.7 Å². The summed E-state index contributed by atoms with van der Waals surface area (Å²) < 4.78 is 27.2. The molecule has 0 fully saturated rings. The number of rotatable bonds is 3. The molecule has 1 aromatic heterocycles. The zero-order valence-electron chi connectivity index (χ0n) is 11.9. The van der Waals surface area contributed by atoms with Crippen molar-refractivity contribution in [2.75, 3.05) is 0 Å². The Bertz CT molecular complexity index is 1050. The van der Waals surface area contributed by atoms with E-state index in [0.29, 0.717) is 0 Å². The lowest BCUT2D eigenvalue weighted by atomic mass is 10.1. The molecule has 8 heteroatoms. The highest BCUT2D eigenvalue weighted by Crippen LogP contribution is 2.32. The van der Waals surface area contributed by atoms with Crippen molar-refractivity contribution in [3.05, 3.63) is 56.2 Å². The molecule has 0 radical (unpaired) electrons. The summed E-state index contributed by atoms with van der Waals surface area (Å²) in [4.78, 5) is 23.9. The molecule has 0 bridgehead atoms. The fourth-order valence-corrected chi connectivity index (χ4v) is 3.07. The highest BCUT2D eigenvalue weighted by molar-refractivity contribution is 6.45. The summed E-state index contributed by atoms with van der Waals surface area (Å²) >= 11 is 12.1. The number of carboxylic acids is 1. The van der Waals surface area contributed by atoms with Crippen LogP contribution in [0.25, 0.3) is 21.8 Å². The van der Waals surface area contributed by atoms with E-state index in [2.05, 4.69) is 0 Å². The van der Waals surface area contributed by atoms with Gasteiger partial charge < -0.3 is 9.67 Å². The van der Waals surface area contributed by atoms with E-state index >= 15 is 0 Å². The van der Waals surface area contributed by atoms with Crippen molar-refractivity contribution in [3.8, 4) is 0 Å². The highest BCUT2D eigenvalue weighted by Gasteiger charge is 2.18. The second kappa shape index (κ2) is 6.03. The molecule has 1 heterocycles. The van der Waals surface area contributed by atoms with Gasteiger partial charge in [-0.1, -0.05) is 29.3 Å². The minimum absolute atomic E-state index is 0.00290. The number of carbonyl (C=O) groups is 1. The van der Waals surface area contributed by atoms with Crippen molar-refractivity contribution in [1.82, 2.24) is 4.57 Å². The molecule has 0 aliphatic heterocycles. The molecule has 124 valence electrons. The Morgan fingerprint density at radius 2 is 1.83 bits per heavy atom. The fourth-order valence-electron chi connectivity index (χ4n) is 2.65. The first kappa shape index (κ1) is 16.7. The van der Waals surface area contributed by atoms with Crippen molar-refractivity contribution in [3.63, 3.8) is 0 Å². The first-order valence-electron chi connectivity index (χ1n) is 6.75. The van der Waals surface area contributed by atoms with Gasteiger partial charge in [-0.15, -0.1) is 0 Å². The van der Waals surface area contributed by atoms with Gasteiger partial charge in [-0.05, 0) is 24.3 Å². The van der Waals surface area contributed by atoms with Gasteiger partial charge >= 0.3 is 5.97 Å². The van der Waals surface area contributed by atoms with Gasteiger partial charge in [0.15, 0.2) is 5.43 Å². The van der Waals surface area contributed by atoms with Gasteiger partial charge in [0.05, 0.1) is 21.1 Å². The third kappa shape index (κ3) is 2.61. The van der Waals surface area contributed by atoms with E-state index in [1.165, 1.54) is 22.8 Å². The second-order valence-corrected chi connectivity index (χ2v) is 5.93. The molecule has 0 saturated heterocycles. The van der Waals surface area contributed by atoms with E-state index in [4.69, 9.17) is 23.2 Å². The van der Waals surface area contributed by atoms with Crippen LogP contribution in [-0.4, -0.2) is 15.6 Å². The van der Waals surface area contributed by atoms with Crippen LogP contribution < -0.4 is 5.43 Å². The Kier molecular flexibility index (Phi) is 4.19. The van der Waals surface area contributed by atoms with Crippen molar-refractivity contribution in [1.29, 1.82) is 0 Å². The maximum Gasteiger partial charge on any atom is 0.323 e. The molecule has 1 N–H and O–H groups in total. The number of hydrogen-bond donors (Lipinski definition) is 1. The minimum atomic E-state index is -2.76. The number of nitrogens with zero attached hydrogens (tertiary/aromatic N) is 1. The molecule has 3 aromatic rings. The van der Waals surface area contributed by atoms with Crippen molar-refractivity contribution in [2.45, 2.75) is 13.0 Å². The number of aliphatic carboxylic acids is 1. The fraction of sp³-hybridized carbons (Fsp3) is 0.125. The quantitative estimate of drug-likeness (QED) is 0.690. The molecule has 0 aliphatic carbocycles. The number of alkyl halides is 2. The van der Waals surface area contributed by atoms with Crippen LogP contribution in [0, 0.1) is 0 Å². The standard InChI is InChI=1S/C16H9Cl2F2NO3/c17-10-4-3-9-14(13(10)18)21(6-12(22)23)11-5-7(16(19)20)1-2-8(11)15(9)24/h1-5,16H,6H2,(H,22,23). The Morgan fingerprint density at radius 3 is 2.46 bits per heavy atom. The van der Waals surface area contributed by atoms with Crippen LogP contribution in [0.1, 0.15) is 12.0 Å². The van der Waals surface area contributed by atoms with E-state index in [9.17, 15) is 23.5 Å². The topological polar surface area (TPSA) is 59.3 Å².